The summed E-state index contributed by atoms with van der Waals surface area (Å²) in [4.78, 5) is 36.6. The highest BCUT2D eigenvalue weighted by atomic mass is 19.1. The number of imide groups is 1. The summed E-state index contributed by atoms with van der Waals surface area (Å²) in [5.41, 5.74) is -0.139. The predicted molar refractivity (Wildman–Crippen MR) is 74.3 cm³/mol. The van der Waals surface area contributed by atoms with Crippen LogP contribution in [0.2, 0.25) is 0 Å². The molecule has 1 aromatic carbocycles. The zero-order chi connectivity index (χ0) is 15.4. The number of hydrogen-bond donors (Lipinski definition) is 1. The van der Waals surface area contributed by atoms with Crippen LogP contribution in [-0.2, 0) is 4.79 Å². The van der Waals surface area contributed by atoms with Crippen molar-refractivity contribution in [2.24, 2.45) is 0 Å². The molecule has 1 aromatic rings. The maximum Gasteiger partial charge on any atom is 0.264 e. The Morgan fingerprint density at radius 3 is 2.71 bits per heavy atom. The Morgan fingerprint density at radius 2 is 2.05 bits per heavy atom. The monoisotopic (exact) mass is 292 g/mol. The van der Waals surface area contributed by atoms with E-state index in [1.54, 1.807) is 0 Å². The number of nitrogens with one attached hydrogen (secondary N) is 1. The van der Waals surface area contributed by atoms with Gasteiger partial charge in [-0.25, -0.2) is 4.39 Å². The van der Waals surface area contributed by atoms with Crippen LogP contribution >= 0.6 is 0 Å². The van der Waals surface area contributed by atoms with Crippen LogP contribution in [0.25, 0.3) is 0 Å². The van der Waals surface area contributed by atoms with Gasteiger partial charge in [-0.3, -0.25) is 19.3 Å². The van der Waals surface area contributed by atoms with Crippen molar-refractivity contribution in [2.45, 2.75) is 26.2 Å². The fourth-order valence-corrected chi connectivity index (χ4v) is 2.20. The van der Waals surface area contributed by atoms with Gasteiger partial charge in [-0.15, -0.1) is 0 Å². The summed E-state index contributed by atoms with van der Waals surface area (Å²) in [5, 5.41) is 2.71. The number of carbonyl (C=O) groups excluding carboxylic acids is 3. The van der Waals surface area contributed by atoms with Gasteiger partial charge in [0.05, 0.1) is 11.1 Å². The molecule has 1 heterocycles. The smallest absolute Gasteiger partial charge is 0.264 e. The first-order valence-corrected chi connectivity index (χ1v) is 6.97. The van der Waals surface area contributed by atoms with E-state index in [1.165, 1.54) is 12.1 Å². The maximum absolute atomic E-state index is 13.6. The lowest BCUT2D eigenvalue weighted by atomic mass is 10.1. The van der Waals surface area contributed by atoms with Gasteiger partial charge in [-0.05, 0) is 18.6 Å². The molecule has 0 aliphatic carbocycles. The average Bonchev–Trinajstić information content (AvgIpc) is 2.70. The second-order valence-corrected chi connectivity index (χ2v) is 4.88. The Bertz CT molecular complexity index is 586. The molecule has 6 heteroatoms. The molecule has 0 spiro atoms. The minimum atomic E-state index is -0.708. The molecule has 0 radical (unpaired) electrons. The van der Waals surface area contributed by atoms with Gasteiger partial charge in [0.25, 0.3) is 11.8 Å². The van der Waals surface area contributed by atoms with E-state index in [0.717, 1.165) is 23.8 Å². The van der Waals surface area contributed by atoms with E-state index < -0.39 is 17.6 Å². The third-order valence-corrected chi connectivity index (χ3v) is 3.36. The molecule has 0 saturated heterocycles. The molecule has 0 aromatic heterocycles. The van der Waals surface area contributed by atoms with Gasteiger partial charge >= 0.3 is 0 Å². The molecule has 0 bridgehead atoms. The first kappa shape index (κ1) is 15.2. The van der Waals surface area contributed by atoms with Crippen LogP contribution in [0, 0.1) is 5.82 Å². The first-order valence-electron chi connectivity index (χ1n) is 6.97. The van der Waals surface area contributed by atoms with Crippen LogP contribution in [0.1, 0.15) is 46.9 Å². The van der Waals surface area contributed by atoms with E-state index in [0.29, 0.717) is 6.54 Å². The molecular weight excluding hydrogens is 275 g/mol. The van der Waals surface area contributed by atoms with Gasteiger partial charge in [-0.2, -0.15) is 0 Å². The van der Waals surface area contributed by atoms with Gasteiger partial charge in [-0.1, -0.05) is 19.4 Å². The fourth-order valence-electron chi connectivity index (χ4n) is 2.20. The van der Waals surface area contributed by atoms with Crippen LogP contribution in [-0.4, -0.2) is 35.7 Å². The summed E-state index contributed by atoms with van der Waals surface area (Å²) in [6, 6.07) is 3.95. The Hall–Kier alpha value is -2.24. The van der Waals surface area contributed by atoms with Gasteiger partial charge in [0.15, 0.2) is 0 Å². The molecule has 21 heavy (non-hydrogen) atoms. The van der Waals surface area contributed by atoms with Crippen molar-refractivity contribution in [1.29, 1.82) is 0 Å². The molecule has 0 atom stereocenters. The van der Waals surface area contributed by atoms with Gasteiger partial charge in [0, 0.05) is 19.5 Å². The van der Waals surface area contributed by atoms with Crippen molar-refractivity contribution in [3.63, 3.8) is 0 Å². The number of halogens is 1. The largest absolute Gasteiger partial charge is 0.356 e. The SMILES string of the molecule is CCCCNC(=O)CCN1C(=O)c2cccc(F)c2C1=O. The molecule has 1 aliphatic rings. The minimum Gasteiger partial charge on any atom is -0.356 e. The third kappa shape index (κ3) is 3.09. The van der Waals surface area contributed by atoms with Crippen LogP contribution in [0.3, 0.4) is 0 Å². The quantitative estimate of drug-likeness (QED) is 0.641. The lowest BCUT2D eigenvalue weighted by molar-refractivity contribution is -0.121. The highest BCUT2D eigenvalue weighted by molar-refractivity contribution is 6.21. The summed E-state index contributed by atoms with van der Waals surface area (Å²) < 4.78 is 13.6. The van der Waals surface area contributed by atoms with Crippen molar-refractivity contribution in [1.82, 2.24) is 10.2 Å². The Kier molecular flexibility index (Phi) is 4.67. The zero-order valence-electron chi connectivity index (χ0n) is 11.8. The molecule has 3 amide bonds. The van der Waals surface area contributed by atoms with Crippen molar-refractivity contribution in [3.8, 4) is 0 Å². The highest BCUT2D eigenvalue weighted by Gasteiger charge is 2.37. The Morgan fingerprint density at radius 1 is 1.29 bits per heavy atom. The van der Waals surface area contributed by atoms with E-state index in [2.05, 4.69) is 5.32 Å². The summed E-state index contributed by atoms with van der Waals surface area (Å²) in [6.07, 6.45) is 1.87. The maximum atomic E-state index is 13.6. The summed E-state index contributed by atoms with van der Waals surface area (Å²) in [7, 11) is 0. The third-order valence-electron chi connectivity index (χ3n) is 3.36. The molecule has 2 rings (SSSR count). The summed E-state index contributed by atoms with van der Waals surface area (Å²) in [5.74, 6) is -2.15. The number of fused-ring (bicyclic) bond motifs is 1. The van der Waals surface area contributed by atoms with E-state index in [9.17, 15) is 18.8 Å². The molecule has 5 nitrogen and oxygen atoms in total. The number of unbranched alkanes of at least 4 members (excludes halogenated alkanes) is 1. The first-order chi connectivity index (χ1) is 10.1. The number of carbonyl (C=O) groups is 3. The molecule has 0 fully saturated rings. The fraction of sp³-hybridized carbons (Fsp3) is 0.400. The van der Waals surface area contributed by atoms with E-state index in [1.807, 2.05) is 6.92 Å². The highest BCUT2D eigenvalue weighted by Crippen LogP contribution is 2.25. The minimum absolute atomic E-state index is 0.0246. The zero-order valence-corrected chi connectivity index (χ0v) is 11.8. The van der Waals surface area contributed by atoms with Crippen LogP contribution in [0.5, 0.6) is 0 Å². The lowest BCUT2D eigenvalue weighted by Crippen LogP contribution is -2.34. The Labute approximate surface area is 122 Å². The average molecular weight is 292 g/mol. The number of nitrogens with zero attached hydrogens (tertiary/aromatic N) is 1. The van der Waals surface area contributed by atoms with Crippen LogP contribution in [0.4, 0.5) is 4.39 Å². The predicted octanol–water partition coefficient (Wildman–Crippen LogP) is 1.73. The van der Waals surface area contributed by atoms with Crippen molar-refractivity contribution in [3.05, 3.63) is 35.1 Å². The van der Waals surface area contributed by atoms with E-state index >= 15 is 0 Å². The molecule has 112 valence electrons. The molecule has 0 unspecified atom stereocenters. The summed E-state index contributed by atoms with van der Waals surface area (Å²) in [6.45, 7) is 2.55. The number of benzene rings is 1. The van der Waals surface area contributed by atoms with E-state index in [-0.39, 0.29) is 30.0 Å². The molecule has 1 aliphatic heterocycles. The lowest BCUT2D eigenvalue weighted by Gasteiger charge is -2.13. The number of rotatable bonds is 6. The van der Waals surface area contributed by atoms with Gasteiger partial charge in [0.2, 0.25) is 5.91 Å². The second kappa shape index (κ2) is 6.47. The topological polar surface area (TPSA) is 66.5 Å². The van der Waals surface area contributed by atoms with Gasteiger partial charge in [0.1, 0.15) is 5.82 Å². The summed E-state index contributed by atoms with van der Waals surface area (Å²) >= 11 is 0. The number of amides is 3. The second-order valence-electron chi connectivity index (χ2n) is 4.88. The normalized spacial score (nSPS) is 13.5. The van der Waals surface area contributed by atoms with E-state index in [4.69, 9.17) is 0 Å². The van der Waals surface area contributed by atoms with Gasteiger partial charge < -0.3 is 5.32 Å². The number of hydrogen-bond acceptors (Lipinski definition) is 3. The van der Waals surface area contributed by atoms with Crippen molar-refractivity contribution in [2.75, 3.05) is 13.1 Å². The molecular formula is C15H17FN2O3. The Balaban J connectivity index is 1.98. The standard InChI is InChI=1S/C15H17FN2O3/c1-2-3-8-17-12(19)7-9-18-14(20)10-5-4-6-11(16)13(10)15(18)21/h4-6H,2-3,7-9H2,1H3,(H,17,19). The van der Waals surface area contributed by atoms with Crippen LogP contribution < -0.4 is 5.32 Å². The molecule has 0 saturated carbocycles. The molecule has 1 N–H and O–H groups in total. The van der Waals surface area contributed by atoms with Crippen molar-refractivity contribution >= 4 is 17.7 Å². The van der Waals surface area contributed by atoms with Crippen LogP contribution in [0.15, 0.2) is 18.2 Å². The van der Waals surface area contributed by atoms with Crippen molar-refractivity contribution < 1.29 is 18.8 Å².